The van der Waals surface area contributed by atoms with E-state index in [4.69, 9.17) is 0 Å². The van der Waals surface area contributed by atoms with E-state index in [9.17, 15) is 15.0 Å². The van der Waals surface area contributed by atoms with Gasteiger partial charge in [0.2, 0.25) is 0 Å². The van der Waals surface area contributed by atoms with Crippen LogP contribution in [0.3, 0.4) is 0 Å². The molecule has 0 radical (unpaired) electrons. The SMILES string of the molecule is COC(=O)C(O)(O)CN=C(c1ccccc1)c1ccccc1. The summed E-state index contributed by atoms with van der Waals surface area (Å²) in [4.78, 5) is 15.5. The monoisotopic (exact) mass is 299 g/mol. The molecule has 2 aromatic rings. The van der Waals surface area contributed by atoms with Crippen molar-refractivity contribution in [3.8, 4) is 0 Å². The standard InChI is InChI=1S/C17H17NO4/c1-22-16(19)17(20,21)12-18-15(13-8-4-2-5-9-13)14-10-6-3-7-11-14/h2-11,20-21H,12H2,1H3. The predicted molar refractivity (Wildman–Crippen MR) is 82.6 cm³/mol. The molecule has 0 saturated heterocycles. The highest BCUT2D eigenvalue weighted by molar-refractivity contribution is 6.12. The molecule has 0 aromatic heterocycles. The van der Waals surface area contributed by atoms with Crippen LogP contribution in [0.2, 0.25) is 0 Å². The third kappa shape index (κ3) is 3.78. The van der Waals surface area contributed by atoms with E-state index < -0.39 is 18.3 Å². The topological polar surface area (TPSA) is 79.1 Å². The zero-order valence-electron chi connectivity index (χ0n) is 12.1. The number of carbonyl (C=O) groups excluding carboxylic acids is 1. The second kappa shape index (κ2) is 6.98. The average Bonchev–Trinajstić information content (AvgIpc) is 2.56. The Labute approximate surface area is 128 Å². The normalized spacial score (nSPS) is 10.9. The van der Waals surface area contributed by atoms with E-state index in [1.165, 1.54) is 0 Å². The van der Waals surface area contributed by atoms with Crippen LogP contribution in [0.25, 0.3) is 0 Å². The molecule has 0 heterocycles. The van der Waals surface area contributed by atoms with Gasteiger partial charge in [-0.1, -0.05) is 60.7 Å². The van der Waals surface area contributed by atoms with Gasteiger partial charge in [-0.15, -0.1) is 0 Å². The Morgan fingerprint density at radius 1 is 1.00 bits per heavy atom. The minimum absolute atomic E-state index is 0.515. The molecule has 22 heavy (non-hydrogen) atoms. The van der Waals surface area contributed by atoms with E-state index >= 15 is 0 Å². The quantitative estimate of drug-likeness (QED) is 0.496. The first-order valence-electron chi connectivity index (χ1n) is 6.73. The molecule has 2 rings (SSSR count). The van der Waals surface area contributed by atoms with Gasteiger partial charge in [0.05, 0.1) is 12.8 Å². The second-order valence-corrected chi connectivity index (χ2v) is 4.71. The number of carbonyl (C=O) groups is 1. The summed E-state index contributed by atoms with van der Waals surface area (Å²) in [5.41, 5.74) is 2.20. The van der Waals surface area contributed by atoms with Crippen molar-refractivity contribution in [3.05, 3.63) is 71.8 Å². The smallest absolute Gasteiger partial charge is 0.368 e. The third-order valence-corrected chi connectivity index (χ3v) is 3.06. The van der Waals surface area contributed by atoms with E-state index in [1.54, 1.807) is 0 Å². The predicted octanol–water partition coefficient (Wildman–Crippen LogP) is 1.38. The van der Waals surface area contributed by atoms with Crippen molar-refractivity contribution in [2.24, 2.45) is 4.99 Å². The number of hydrogen-bond acceptors (Lipinski definition) is 5. The Morgan fingerprint density at radius 2 is 1.45 bits per heavy atom. The zero-order chi connectivity index (χ0) is 16.0. The van der Waals surface area contributed by atoms with Gasteiger partial charge in [-0.25, -0.2) is 4.79 Å². The number of nitrogens with zero attached hydrogens (tertiary/aromatic N) is 1. The fraction of sp³-hybridized carbons (Fsp3) is 0.176. The van der Waals surface area contributed by atoms with Crippen LogP contribution in [0, 0.1) is 0 Å². The molecule has 0 fully saturated rings. The Morgan fingerprint density at radius 3 is 1.86 bits per heavy atom. The second-order valence-electron chi connectivity index (χ2n) is 4.71. The van der Waals surface area contributed by atoms with Crippen molar-refractivity contribution in [2.45, 2.75) is 5.79 Å². The fourth-order valence-electron chi connectivity index (χ4n) is 1.96. The Balaban J connectivity index is 2.38. The molecule has 5 nitrogen and oxygen atoms in total. The van der Waals surface area contributed by atoms with Gasteiger partial charge in [-0.3, -0.25) is 4.99 Å². The molecular weight excluding hydrogens is 282 g/mol. The minimum Gasteiger partial charge on any atom is -0.465 e. The van der Waals surface area contributed by atoms with E-state index in [0.717, 1.165) is 18.2 Å². The molecular formula is C17H17NO4. The van der Waals surface area contributed by atoms with Gasteiger partial charge >= 0.3 is 5.97 Å². The van der Waals surface area contributed by atoms with Crippen molar-refractivity contribution >= 4 is 11.7 Å². The largest absolute Gasteiger partial charge is 0.465 e. The van der Waals surface area contributed by atoms with Gasteiger partial charge in [0.15, 0.2) is 0 Å². The Bertz CT molecular complexity index is 609. The van der Waals surface area contributed by atoms with E-state index in [-0.39, 0.29) is 0 Å². The minimum atomic E-state index is -2.65. The Hall–Kier alpha value is -2.50. The van der Waals surface area contributed by atoms with Crippen molar-refractivity contribution in [3.63, 3.8) is 0 Å². The lowest BCUT2D eigenvalue weighted by molar-refractivity contribution is -0.202. The van der Waals surface area contributed by atoms with E-state index in [0.29, 0.717) is 5.71 Å². The highest BCUT2D eigenvalue weighted by Gasteiger charge is 2.34. The lowest BCUT2D eigenvalue weighted by atomic mass is 10.0. The molecule has 5 heteroatoms. The van der Waals surface area contributed by atoms with Crippen molar-refractivity contribution in [2.75, 3.05) is 13.7 Å². The molecule has 2 aromatic carbocycles. The van der Waals surface area contributed by atoms with Gasteiger partial charge in [-0.05, 0) is 0 Å². The summed E-state index contributed by atoms with van der Waals surface area (Å²) in [5, 5.41) is 19.4. The number of aliphatic imine (C=N–C) groups is 1. The average molecular weight is 299 g/mol. The summed E-state index contributed by atoms with van der Waals surface area (Å²) in [6.45, 7) is -0.515. The van der Waals surface area contributed by atoms with Gasteiger partial charge < -0.3 is 14.9 Å². The van der Waals surface area contributed by atoms with Crippen molar-refractivity contribution < 1.29 is 19.7 Å². The number of benzene rings is 2. The van der Waals surface area contributed by atoms with Crippen LogP contribution < -0.4 is 0 Å². The van der Waals surface area contributed by atoms with Crippen LogP contribution in [-0.2, 0) is 9.53 Å². The molecule has 0 saturated carbocycles. The maximum absolute atomic E-state index is 11.3. The maximum atomic E-state index is 11.3. The third-order valence-electron chi connectivity index (χ3n) is 3.06. The number of aliphatic hydroxyl groups is 2. The summed E-state index contributed by atoms with van der Waals surface area (Å²) in [6.07, 6.45) is 0. The molecule has 0 amide bonds. The summed E-state index contributed by atoms with van der Waals surface area (Å²) in [6, 6.07) is 18.6. The van der Waals surface area contributed by atoms with Gasteiger partial charge in [0.25, 0.3) is 5.79 Å². The fourth-order valence-corrected chi connectivity index (χ4v) is 1.96. The molecule has 0 aliphatic rings. The zero-order valence-corrected chi connectivity index (χ0v) is 12.1. The molecule has 0 atom stereocenters. The molecule has 0 aliphatic heterocycles. The van der Waals surface area contributed by atoms with Gasteiger partial charge in [0, 0.05) is 11.1 Å². The molecule has 2 N–H and O–H groups in total. The van der Waals surface area contributed by atoms with Crippen LogP contribution in [0.1, 0.15) is 11.1 Å². The van der Waals surface area contributed by atoms with E-state index in [2.05, 4.69) is 9.73 Å². The summed E-state index contributed by atoms with van der Waals surface area (Å²) in [7, 11) is 1.09. The first kappa shape index (κ1) is 15.9. The molecule has 114 valence electrons. The number of esters is 1. The number of hydrogen-bond donors (Lipinski definition) is 2. The van der Waals surface area contributed by atoms with Gasteiger partial charge in [-0.2, -0.15) is 0 Å². The molecule has 0 bridgehead atoms. The molecule has 0 aliphatic carbocycles. The van der Waals surface area contributed by atoms with Crippen LogP contribution in [0.5, 0.6) is 0 Å². The summed E-state index contributed by atoms with van der Waals surface area (Å²) < 4.78 is 4.35. The first-order valence-corrected chi connectivity index (χ1v) is 6.73. The highest BCUT2D eigenvalue weighted by atomic mass is 16.6. The highest BCUT2D eigenvalue weighted by Crippen LogP contribution is 2.13. The van der Waals surface area contributed by atoms with Crippen LogP contribution >= 0.6 is 0 Å². The van der Waals surface area contributed by atoms with Crippen LogP contribution in [0.4, 0.5) is 0 Å². The van der Waals surface area contributed by atoms with Crippen molar-refractivity contribution in [1.29, 1.82) is 0 Å². The lowest BCUT2D eigenvalue weighted by Gasteiger charge is -2.17. The van der Waals surface area contributed by atoms with Gasteiger partial charge in [0.1, 0.15) is 6.54 Å². The summed E-state index contributed by atoms with van der Waals surface area (Å²) in [5.74, 6) is -3.79. The number of ether oxygens (including phenoxy) is 1. The molecule has 0 unspecified atom stereocenters. The maximum Gasteiger partial charge on any atom is 0.368 e. The summed E-state index contributed by atoms with van der Waals surface area (Å²) >= 11 is 0. The lowest BCUT2D eigenvalue weighted by Crippen LogP contribution is -2.42. The molecule has 0 spiro atoms. The van der Waals surface area contributed by atoms with Crippen molar-refractivity contribution in [1.82, 2.24) is 0 Å². The number of rotatable bonds is 5. The number of methoxy groups -OCH3 is 1. The van der Waals surface area contributed by atoms with Crippen LogP contribution in [-0.4, -0.2) is 41.3 Å². The Kier molecular flexibility index (Phi) is 5.04. The first-order chi connectivity index (χ1) is 10.5. The van der Waals surface area contributed by atoms with Crippen LogP contribution in [0.15, 0.2) is 65.7 Å². The van der Waals surface area contributed by atoms with E-state index in [1.807, 2.05) is 60.7 Å².